The van der Waals surface area contributed by atoms with Crippen LogP contribution in [0.15, 0.2) is 53.4 Å². The lowest BCUT2D eigenvalue weighted by Crippen LogP contribution is -2.52. The first-order chi connectivity index (χ1) is 15.1. The maximum atomic E-state index is 13.0. The zero-order valence-corrected chi connectivity index (χ0v) is 18.9. The van der Waals surface area contributed by atoms with Crippen molar-refractivity contribution in [2.75, 3.05) is 42.4 Å². The lowest BCUT2D eigenvalue weighted by molar-refractivity contribution is 0.0588. The Labute approximate surface area is 187 Å². The van der Waals surface area contributed by atoms with Gasteiger partial charge in [0, 0.05) is 43.5 Å². The van der Waals surface area contributed by atoms with Gasteiger partial charge in [0.25, 0.3) is 15.9 Å². The summed E-state index contributed by atoms with van der Waals surface area (Å²) in [5, 5.41) is 0. The molecule has 0 bridgehead atoms. The fourth-order valence-electron chi connectivity index (χ4n) is 4.04. The highest BCUT2D eigenvalue weighted by Crippen LogP contribution is 2.21. The number of amides is 1. The van der Waals surface area contributed by atoms with Crippen LogP contribution in [0.2, 0.25) is 0 Å². The zero-order chi connectivity index (χ0) is 22.9. The second-order valence-corrected chi connectivity index (χ2v) is 11.9. The molecular formula is C21H24FN3O5S2. The van der Waals surface area contributed by atoms with Crippen molar-refractivity contribution in [3.05, 3.63) is 59.9 Å². The molecule has 11 heteroatoms. The molecule has 2 fully saturated rings. The lowest BCUT2D eigenvalue weighted by Gasteiger charge is -2.37. The van der Waals surface area contributed by atoms with Gasteiger partial charge in [-0.2, -0.15) is 0 Å². The number of rotatable bonds is 5. The number of carbonyl (C=O) groups excluding carboxylic acids is 1. The van der Waals surface area contributed by atoms with E-state index in [2.05, 4.69) is 9.62 Å². The van der Waals surface area contributed by atoms with E-state index in [1.54, 1.807) is 17.0 Å². The van der Waals surface area contributed by atoms with Crippen molar-refractivity contribution in [1.29, 1.82) is 0 Å². The van der Waals surface area contributed by atoms with Crippen LogP contribution in [-0.2, 0) is 19.9 Å². The molecule has 32 heavy (non-hydrogen) atoms. The highest BCUT2D eigenvalue weighted by atomic mass is 32.2. The minimum atomic E-state index is -3.87. The van der Waals surface area contributed by atoms with E-state index in [9.17, 15) is 26.0 Å². The van der Waals surface area contributed by atoms with Gasteiger partial charge in [-0.25, -0.2) is 21.2 Å². The maximum absolute atomic E-state index is 13.0. The number of hydrogen-bond acceptors (Lipinski definition) is 6. The number of hydrogen-bond donors (Lipinski definition) is 1. The lowest BCUT2D eigenvalue weighted by atomic mass is 10.1. The normalized spacial score (nSPS) is 21.4. The number of anilines is 1. The molecule has 172 valence electrons. The van der Waals surface area contributed by atoms with Gasteiger partial charge in [-0.3, -0.25) is 14.4 Å². The predicted octanol–water partition coefficient (Wildman–Crippen LogP) is 1.57. The quantitative estimate of drug-likeness (QED) is 0.695. The van der Waals surface area contributed by atoms with Gasteiger partial charge in [0.2, 0.25) is 0 Å². The Morgan fingerprint density at radius 2 is 1.59 bits per heavy atom. The molecule has 2 aliphatic rings. The number of benzene rings is 2. The fraction of sp³-hybridized carbons (Fsp3) is 0.381. The van der Waals surface area contributed by atoms with Gasteiger partial charge >= 0.3 is 0 Å². The fourth-order valence-corrected chi connectivity index (χ4v) is 6.86. The van der Waals surface area contributed by atoms with E-state index in [1.807, 2.05) is 0 Å². The summed E-state index contributed by atoms with van der Waals surface area (Å²) in [5.74, 6) is -0.262. The van der Waals surface area contributed by atoms with Crippen LogP contribution >= 0.6 is 0 Å². The Morgan fingerprint density at radius 1 is 0.969 bits per heavy atom. The molecule has 2 aromatic rings. The van der Waals surface area contributed by atoms with E-state index in [1.165, 1.54) is 24.3 Å². The molecule has 8 nitrogen and oxygen atoms in total. The number of nitrogens with zero attached hydrogens (tertiary/aromatic N) is 2. The van der Waals surface area contributed by atoms with Gasteiger partial charge < -0.3 is 4.90 Å². The maximum Gasteiger partial charge on any atom is 0.261 e. The largest absolute Gasteiger partial charge is 0.336 e. The Hall–Kier alpha value is -2.50. The number of carbonyl (C=O) groups is 1. The van der Waals surface area contributed by atoms with Gasteiger partial charge in [0.15, 0.2) is 9.84 Å². The molecule has 0 aromatic heterocycles. The summed E-state index contributed by atoms with van der Waals surface area (Å²) in [6, 6.07) is 10.7. The first kappa shape index (κ1) is 22.7. The molecule has 0 radical (unpaired) electrons. The zero-order valence-electron chi connectivity index (χ0n) is 17.3. The standard InChI is InChI=1S/C21H24FN3O5S2/c22-17-3-7-20(8-4-17)32(29,30)23-18-5-1-16(2-6-18)21(26)25-12-10-24(11-13-25)19-9-14-31(27,28)15-19/h1-8,19,23H,9-15H2. The molecule has 0 saturated carbocycles. The van der Waals surface area contributed by atoms with E-state index in [0.29, 0.717) is 38.2 Å². The first-order valence-corrected chi connectivity index (χ1v) is 13.6. The van der Waals surface area contributed by atoms with Crippen molar-refractivity contribution in [3.8, 4) is 0 Å². The van der Waals surface area contributed by atoms with E-state index in [4.69, 9.17) is 0 Å². The molecule has 1 atom stereocenters. The van der Waals surface area contributed by atoms with Gasteiger partial charge in [0.05, 0.1) is 16.4 Å². The van der Waals surface area contributed by atoms with Crippen LogP contribution < -0.4 is 4.72 Å². The molecule has 0 spiro atoms. The third-order valence-electron chi connectivity index (χ3n) is 5.83. The average molecular weight is 482 g/mol. The molecular weight excluding hydrogens is 457 g/mol. The van der Waals surface area contributed by atoms with E-state index in [0.717, 1.165) is 12.1 Å². The molecule has 0 aliphatic carbocycles. The average Bonchev–Trinajstić information content (AvgIpc) is 3.14. The van der Waals surface area contributed by atoms with Gasteiger partial charge in [-0.15, -0.1) is 0 Å². The van der Waals surface area contributed by atoms with Crippen molar-refractivity contribution in [2.45, 2.75) is 17.4 Å². The molecule has 2 saturated heterocycles. The van der Waals surface area contributed by atoms with Gasteiger partial charge in [0.1, 0.15) is 5.82 Å². The molecule has 2 heterocycles. The summed E-state index contributed by atoms with van der Waals surface area (Å²) in [6.07, 6.45) is 0.644. The molecule has 1 amide bonds. The Bertz CT molecular complexity index is 1190. The van der Waals surface area contributed by atoms with Gasteiger partial charge in [-0.1, -0.05) is 0 Å². The molecule has 4 rings (SSSR count). The molecule has 2 aromatic carbocycles. The van der Waals surface area contributed by atoms with Crippen molar-refractivity contribution in [2.24, 2.45) is 0 Å². The minimum absolute atomic E-state index is 0.0330. The predicted molar refractivity (Wildman–Crippen MR) is 118 cm³/mol. The summed E-state index contributed by atoms with van der Waals surface area (Å²) in [4.78, 5) is 16.6. The monoisotopic (exact) mass is 481 g/mol. The van der Waals surface area contributed by atoms with Crippen LogP contribution in [-0.4, -0.2) is 76.3 Å². The van der Waals surface area contributed by atoms with Crippen LogP contribution in [0, 0.1) is 5.82 Å². The highest BCUT2D eigenvalue weighted by molar-refractivity contribution is 7.92. The summed E-state index contributed by atoms with van der Waals surface area (Å²) in [6.45, 7) is 2.27. The number of sulfone groups is 1. The second kappa shape index (κ2) is 8.80. The van der Waals surface area contributed by atoms with E-state index in [-0.39, 0.29) is 34.0 Å². The van der Waals surface area contributed by atoms with Crippen LogP contribution in [0.1, 0.15) is 16.8 Å². The van der Waals surface area contributed by atoms with Crippen molar-refractivity contribution < 1.29 is 26.0 Å². The SMILES string of the molecule is O=C(c1ccc(NS(=O)(=O)c2ccc(F)cc2)cc1)N1CCN(C2CCS(=O)(=O)C2)CC1. The molecule has 2 aliphatic heterocycles. The Morgan fingerprint density at radius 3 is 2.16 bits per heavy atom. The van der Waals surface area contributed by atoms with Crippen molar-refractivity contribution in [3.63, 3.8) is 0 Å². The molecule has 1 unspecified atom stereocenters. The Kier molecular flexibility index (Phi) is 6.24. The second-order valence-electron chi connectivity index (χ2n) is 8.02. The number of sulfonamides is 1. The summed E-state index contributed by atoms with van der Waals surface area (Å²) < 4.78 is 63.7. The Balaban J connectivity index is 1.35. The number of piperazine rings is 1. The summed E-state index contributed by atoms with van der Waals surface area (Å²) in [5.41, 5.74) is 0.727. The third kappa shape index (κ3) is 5.11. The van der Waals surface area contributed by atoms with Crippen LogP contribution in [0.4, 0.5) is 10.1 Å². The highest BCUT2D eigenvalue weighted by Gasteiger charge is 2.34. The van der Waals surface area contributed by atoms with Crippen LogP contribution in [0.3, 0.4) is 0 Å². The first-order valence-electron chi connectivity index (χ1n) is 10.3. The van der Waals surface area contributed by atoms with Gasteiger partial charge in [-0.05, 0) is 55.0 Å². The van der Waals surface area contributed by atoms with Crippen LogP contribution in [0.25, 0.3) is 0 Å². The topological polar surface area (TPSA) is 104 Å². The van der Waals surface area contributed by atoms with Crippen LogP contribution in [0.5, 0.6) is 0 Å². The van der Waals surface area contributed by atoms with Crippen molar-refractivity contribution in [1.82, 2.24) is 9.80 Å². The smallest absolute Gasteiger partial charge is 0.261 e. The van der Waals surface area contributed by atoms with Crippen molar-refractivity contribution >= 4 is 31.5 Å². The third-order valence-corrected chi connectivity index (χ3v) is 8.98. The minimum Gasteiger partial charge on any atom is -0.336 e. The number of nitrogens with one attached hydrogen (secondary N) is 1. The van der Waals surface area contributed by atoms with E-state index >= 15 is 0 Å². The molecule has 1 N–H and O–H groups in total. The summed E-state index contributed by atoms with van der Waals surface area (Å²) in [7, 11) is -6.81. The summed E-state index contributed by atoms with van der Waals surface area (Å²) >= 11 is 0. The van der Waals surface area contributed by atoms with E-state index < -0.39 is 25.7 Å². The number of halogens is 1.